The second kappa shape index (κ2) is 3.82. The smallest absolute Gasteiger partial charge is 0.246 e. The third-order valence-electron chi connectivity index (χ3n) is 4.13. The number of rotatable bonds is 0. The lowest BCUT2D eigenvalue weighted by molar-refractivity contribution is 0.0321. The van der Waals surface area contributed by atoms with Crippen LogP contribution in [0.25, 0.3) is 11.0 Å². The maximum Gasteiger partial charge on any atom is 0.246 e. The maximum atomic E-state index is 10.4. The van der Waals surface area contributed by atoms with Crippen molar-refractivity contribution < 1.29 is 9.84 Å². The van der Waals surface area contributed by atoms with Gasteiger partial charge in [0.15, 0.2) is 5.65 Å². The molecule has 2 aliphatic heterocycles. The monoisotopic (exact) mass is 275 g/mol. The van der Waals surface area contributed by atoms with Crippen molar-refractivity contribution in [3.8, 4) is 5.88 Å². The fraction of sp³-hybridized carbons (Fsp3) is 0.615. The van der Waals surface area contributed by atoms with Crippen LogP contribution in [0.2, 0.25) is 0 Å². The number of hydrogen-bond acceptors (Lipinski definition) is 6. The van der Waals surface area contributed by atoms with Gasteiger partial charge in [0, 0.05) is 6.54 Å². The molecule has 7 heteroatoms. The number of aryl methyl sites for hydroxylation is 1. The van der Waals surface area contributed by atoms with Crippen molar-refractivity contribution in [3.63, 3.8) is 0 Å². The number of aliphatic hydroxyl groups is 1. The Kier molecular flexibility index (Phi) is 2.27. The highest BCUT2D eigenvalue weighted by Crippen LogP contribution is 2.38. The second-order valence-electron chi connectivity index (χ2n) is 5.98. The van der Waals surface area contributed by atoms with Crippen molar-refractivity contribution >= 4 is 16.9 Å². The first-order valence-electron chi connectivity index (χ1n) is 6.88. The van der Waals surface area contributed by atoms with Gasteiger partial charge in [0.1, 0.15) is 23.6 Å². The van der Waals surface area contributed by atoms with E-state index in [1.165, 1.54) is 0 Å². The highest BCUT2D eigenvalue weighted by Gasteiger charge is 2.39. The molecule has 1 fully saturated rings. The Hall–Kier alpha value is -1.89. The van der Waals surface area contributed by atoms with Crippen LogP contribution in [0.4, 0.5) is 5.82 Å². The fourth-order valence-electron chi connectivity index (χ4n) is 3.11. The van der Waals surface area contributed by atoms with Crippen molar-refractivity contribution in [1.82, 2.24) is 20.2 Å². The predicted octanol–water partition coefficient (Wildman–Crippen LogP) is 0.774. The molecule has 0 spiro atoms. The van der Waals surface area contributed by atoms with Gasteiger partial charge in [-0.05, 0) is 26.7 Å². The van der Waals surface area contributed by atoms with Crippen LogP contribution < -0.4 is 9.64 Å². The van der Waals surface area contributed by atoms with Gasteiger partial charge >= 0.3 is 0 Å². The third-order valence-corrected chi connectivity index (χ3v) is 4.13. The summed E-state index contributed by atoms with van der Waals surface area (Å²) in [4.78, 5) is 11.1. The molecule has 0 aliphatic carbocycles. The molecular weight excluding hydrogens is 258 g/mol. The number of ether oxygens (including phenoxy) is 1. The molecule has 2 atom stereocenters. The van der Waals surface area contributed by atoms with Crippen LogP contribution in [0.5, 0.6) is 5.88 Å². The van der Waals surface area contributed by atoms with Crippen molar-refractivity contribution in [1.29, 1.82) is 0 Å². The average molecular weight is 275 g/mol. The predicted molar refractivity (Wildman–Crippen MR) is 72.9 cm³/mol. The van der Waals surface area contributed by atoms with Gasteiger partial charge < -0.3 is 14.7 Å². The van der Waals surface area contributed by atoms with E-state index in [0.29, 0.717) is 30.5 Å². The van der Waals surface area contributed by atoms with Gasteiger partial charge in [0.2, 0.25) is 5.88 Å². The Morgan fingerprint density at radius 2 is 2.30 bits per heavy atom. The molecule has 2 aromatic heterocycles. The van der Waals surface area contributed by atoms with E-state index in [0.717, 1.165) is 24.0 Å². The van der Waals surface area contributed by atoms with E-state index >= 15 is 0 Å². The van der Waals surface area contributed by atoms with Crippen LogP contribution in [0.1, 0.15) is 25.6 Å². The van der Waals surface area contributed by atoms with Crippen LogP contribution >= 0.6 is 0 Å². The molecule has 106 valence electrons. The summed E-state index contributed by atoms with van der Waals surface area (Å²) in [5.74, 6) is 2.07. The van der Waals surface area contributed by atoms with E-state index in [-0.39, 0.29) is 6.04 Å². The first kappa shape index (κ1) is 11.9. The van der Waals surface area contributed by atoms with Gasteiger partial charge in [-0.2, -0.15) is 0 Å². The molecule has 0 radical (unpaired) electrons. The number of piperidine rings is 1. The highest BCUT2D eigenvalue weighted by atomic mass is 16.5. The van der Waals surface area contributed by atoms with Crippen molar-refractivity contribution in [2.24, 2.45) is 0 Å². The summed E-state index contributed by atoms with van der Waals surface area (Å²) in [6.45, 7) is 4.85. The van der Waals surface area contributed by atoms with E-state index in [2.05, 4.69) is 25.1 Å². The number of hydrogen-bond donors (Lipinski definition) is 2. The van der Waals surface area contributed by atoms with Crippen molar-refractivity contribution in [2.45, 2.75) is 38.3 Å². The first-order valence-corrected chi connectivity index (χ1v) is 6.88. The van der Waals surface area contributed by atoms with Crippen molar-refractivity contribution in [3.05, 3.63) is 5.82 Å². The zero-order valence-electron chi connectivity index (χ0n) is 11.6. The summed E-state index contributed by atoms with van der Waals surface area (Å²) in [6.07, 6.45) is 1.65. The zero-order valence-corrected chi connectivity index (χ0v) is 11.6. The lowest BCUT2D eigenvalue weighted by Gasteiger charge is -2.42. The van der Waals surface area contributed by atoms with Crippen LogP contribution in [0.15, 0.2) is 0 Å². The summed E-state index contributed by atoms with van der Waals surface area (Å²) in [5, 5.41) is 18.3. The van der Waals surface area contributed by atoms with Gasteiger partial charge in [0.05, 0.1) is 11.6 Å². The number of fused-ring (bicyclic) bond motifs is 2. The van der Waals surface area contributed by atoms with E-state index in [1.54, 1.807) is 0 Å². The molecule has 4 heterocycles. The van der Waals surface area contributed by atoms with E-state index in [4.69, 9.17) is 4.74 Å². The summed E-state index contributed by atoms with van der Waals surface area (Å²) in [6, 6.07) is 0.224. The Labute approximate surface area is 116 Å². The molecule has 0 amide bonds. The normalized spacial score (nSPS) is 28.9. The Bertz CT molecular complexity index is 681. The molecule has 4 rings (SSSR count). The Morgan fingerprint density at radius 1 is 1.45 bits per heavy atom. The summed E-state index contributed by atoms with van der Waals surface area (Å²) >= 11 is 0. The molecule has 2 aliphatic rings. The lowest BCUT2D eigenvalue weighted by Crippen LogP contribution is -2.53. The summed E-state index contributed by atoms with van der Waals surface area (Å²) < 4.78 is 5.79. The topological polar surface area (TPSA) is 87.2 Å². The number of aromatic nitrogens is 4. The maximum absolute atomic E-state index is 10.4. The molecule has 1 saturated heterocycles. The highest BCUT2D eigenvalue weighted by molar-refractivity contribution is 5.92. The first-order chi connectivity index (χ1) is 9.53. The van der Waals surface area contributed by atoms with E-state index < -0.39 is 5.60 Å². The second-order valence-corrected chi connectivity index (χ2v) is 5.98. The van der Waals surface area contributed by atoms with Gasteiger partial charge in [-0.15, -0.1) is 5.10 Å². The number of nitrogens with one attached hydrogen (secondary N) is 1. The number of H-pyrrole nitrogens is 1. The number of aromatic amines is 1. The van der Waals surface area contributed by atoms with E-state index in [1.807, 2.05) is 13.8 Å². The molecule has 2 aromatic rings. The average Bonchev–Trinajstić information content (AvgIpc) is 2.71. The minimum absolute atomic E-state index is 0.224. The standard InChI is InChI=1S/C13H17N5O2/c1-7-14-10-9-11(15-7)18-6-13(2,19)4-3-8(18)5-20-12(9)17-16-10/h8,19H,3-6H2,1-2H3,(H,14,15,16,17)/t8?,13-/m0/s1. The molecule has 20 heavy (non-hydrogen) atoms. The molecular formula is C13H17N5O2. The van der Waals surface area contributed by atoms with Gasteiger partial charge in [0.25, 0.3) is 0 Å². The van der Waals surface area contributed by atoms with Crippen LogP contribution in [-0.2, 0) is 0 Å². The summed E-state index contributed by atoms with van der Waals surface area (Å²) in [7, 11) is 0. The summed E-state index contributed by atoms with van der Waals surface area (Å²) in [5.41, 5.74) is -0.0102. The SMILES string of the molecule is Cc1nc2c3c(n[nH]c3n1)OCC1CC[C@](C)(O)CN21. The van der Waals surface area contributed by atoms with E-state index in [9.17, 15) is 5.11 Å². The fourth-order valence-corrected chi connectivity index (χ4v) is 3.11. The van der Waals surface area contributed by atoms with Crippen LogP contribution in [0.3, 0.4) is 0 Å². The zero-order chi connectivity index (χ0) is 13.9. The third kappa shape index (κ3) is 1.66. The molecule has 0 bridgehead atoms. The Morgan fingerprint density at radius 3 is 3.15 bits per heavy atom. The molecule has 0 saturated carbocycles. The number of anilines is 1. The van der Waals surface area contributed by atoms with Crippen LogP contribution in [0, 0.1) is 6.92 Å². The molecule has 2 N–H and O–H groups in total. The molecule has 7 nitrogen and oxygen atoms in total. The quantitative estimate of drug-likeness (QED) is 0.738. The molecule has 1 unspecified atom stereocenters. The van der Waals surface area contributed by atoms with Crippen LogP contribution in [-0.4, -0.2) is 50.1 Å². The Balaban J connectivity index is 1.92. The minimum Gasteiger partial charge on any atom is -0.474 e. The minimum atomic E-state index is -0.698. The van der Waals surface area contributed by atoms with Gasteiger partial charge in [-0.3, -0.25) is 5.10 Å². The van der Waals surface area contributed by atoms with Gasteiger partial charge in [-0.1, -0.05) is 0 Å². The largest absolute Gasteiger partial charge is 0.474 e. The van der Waals surface area contributed by atoms with Gasteiger partial charge in [-0.25, -0.2) is 9.97 Å². The lowest BCUT2D eigenvalue weighted by atomic mass is 9.90. The van der Waals surface area contributed by atoms with Crippen molar-refractivity contribution in [2.75, 3.05) is 18.1 Å². The number of nitrogens with zero attached hydrogens (tertiary/aromatic N) is 4. The molecule has 0 aromatic carbocycles.